The topological polar surface area (TPSA) is 47.6 Å². The minimum absolute atomic E-state index is 0.136. The zero-order valence-corrected chi connectivity index (χ0v) is 13.6. The summed E-state index contributed by atoms with van der Waals surface area (Å²) < 4.78 is 34.1. The van der Waals surface area contributed by atoms with Crippen LogP contribution in [-0.4, -0.2) is 19.6 Å². The van der Waals surface area contributed by atoms with Crippen molar-refractivity contribution in [3.05, 3.63) is 53.1 Å². The molecule has 0 radical (unpaired) electrons. The average molecular weight is 356 g/mol. The number of hydrogen-bond acceptors (Lipinski definition) is 3. The second-order valence-corrected chi connectivity index (χ2v) is 5.36. The molecule has 7 heteroatoms. The number of anilines is 1. The van der Waals surface area contributed by atoms with Gasteiger partial charge in [-0.05, 0) is 36.2 Å². The Morgan fingerprint density at radius 2 is 1.88 bits per heavy atom. The van der Waals surface area contributed by atoms with E-state index in [1.807, 2.05) is 12.1 Å². The molecule has 0 atom stereocenters. The number of nitrogens with one attached hydrogen (secondary N) is 1. The van der Waals surface area contributed by atoms with Crippen LogP contribution < -0.4 is 14.8 Å². The van der Waals surface area contributed by atoms with E-state index in [0.717, 1.165) is 5.56 Å². The largest absolute Gasteiger partial charge is 0.493 e. The minimum Gasteiger partial charge on any atom is -0.493 e. The van der Waals surface area contributed by atoms with Gasteiger partial charge in [-0.25, -0.2) is 0 Å². The monoisotopic (exact) mass is 355 g/mol. The summed E-state index contributed by atoms with van der Waals surface area (Å²) in [5, 5.41) is 3.28. The Morgan fingerprint density at radius 1 is 1.17 bits per heavy atom. The van der Waals surface area contributed by atoms with Gasteiger partial charge in [0, 0.05) is 23.2 Å². The lowest BCUT2D eigenvalue weighted by molar-refractivity contribution is -0.116. The van der Waals surface area contributed by atoms with E-state index in [9.17, 15) is 13.6 Å². The number of hydrogen-bond donors (Lipinski definition) is 1. The first-order valence-corrected chi connectivity index (χ1v) is 7.53. The first-order chi connectivity index (χ1) is 11.5. The van der Waals surface area contributed by atoms with Crippen LogP contribution in [0.3, 0.4) is 0 Å². The molecule has 0 saturated carbocycles. The molecule has 0 saturated heterocycles. The number of amides is 1. The summed E-state index contributed by atoms with van der Waals surface area (Å²) in [4.78, 5) is 12.0. The number of alkyl halides is 2. The molecule has 2 aromatic rings. The molecule has 0 aromatic heterocycles. The van der Waals surface area contributed by atoms with Crippen molar-refractivity contribution in [1.29, 1.82) is 0 Å². The zero-order valence-electron chi connectivity index (χ0n) is 12.9. The van der Waals surface area contributed by atoms with E-state index in [1.54, 1.807) is 18.2 Å². The Hall–Kier alpha value is -2.34. The molecule has 0 unspecified atom stereocenters. The van der Waals surface area contributed by atoms with Crippen LogP contribution in [0.15, 0.2) is 42.5 Å². The Kier molecular flexibility index (Phi) is 6.37. The first kappa shape index (κ1) is 18.0. The number of carbonyl (C=O) groups is 1. The number of carbonyl (C=O) groups excluding carboxylic acids is 1. The van der Waals surface area contributed by atoms with Crippen LogP contribution in [0.25, 0.3) is 0 Å². The smallest absolute Gasteiger partial charge is 0.387 e. The second-order valence-electron chi connectivity index (χ2n) is 4.92. The van der Waals surface area contributed by atoms with Gasteiger partial charge in [0.25, 0.3) is 0 Å². The molecule has 1 amide bonds. The van der Waals surface area contributed by atoms with Crippen molar-refractivity contribution < 1.29 is 23.0 Å². The fourth-order valence-electron chi connectivity index (χ4n) is 2.07. The third-order valence-corrected chi connectivity index (χ3v) is 3.47. The quantitative estimate of drug-likeness (QED) is 0.794. The summed E-state index contributed by atoms with van der Waals surface area (Å²) in [5.74, 6) is -0.212. The van der Waals surface area contributed by atoms with Crippen LogP contribution in [0.4, 0.5) is 14.5 Å². The zero-order chi connectivity index (χ0) is 17.5. The van der Waals surface area contributed by atoms with Gasteiger partial charge in [-0.2, -0.15) is 8.78 Å². The summed E-state index contributed by atoms with van der Waals surface area (Å²) in [6.07, 6.45) is 0.790. The average Bonchev–Trinajstić information content (AvgIpc) is 2.54. The van der Waals surface area contributed by atoms with Crippen LogP contribution >= 0.6 is 11.6 Å². The lowest BCUT2D eigenvalue weighted by Gasteiger charge is -2.12. The van der Waals surface area contributed by atoms with Crippen LogP contribution in [0, 0.1) is 0 Å². The molecule has 1 N–H and O–H groups in total. The van der Waals surface area contributed by atoms with E-state index in [0.29, 0.717) is 17.1 Å². The molecule has 0 bridgehead atoms. The molecule has 4 nitrogen and oxygen atoms in total. The maximum Gasteiger partial charge on any atom is 0.387 e. The summed E-state index contributed by atoms with van der Waals surface area (Å²) in [5.41, 5.74) is 1.33. The number of rotatable bonds is 7. The third kappa shape index (κ3) is 5.38. The number of methoxy groups -OCH3 is 1. The Balaban J connectivity index is 1.96. The van der Waals surface area contributed by atoms with Crippen molar-refractivity contribution in [3.8, 4) is 11.5 Å². The molecule has 128 valence electrons. The Bertz CT molecular complexity index is 693. The fourth-order valence-corrected chi connectivity index (χ4v) is 2.20. The molecule has 0 fully saturated rings. The summed E-state index contributed by atoms with van der Waals surface area (Å²) >= 11 is 5.80. The predicted molar refractivity (Wildman–Crippen MR) is 88.0 cm³/mol. The van der Waals surface area contributed by atoms with E-state index >= 15 is 0 Å². The van der Waals surface area contributed by atoms with Gasteiger partial charge in [0.1, 0.15) is 0 Å². The van der Waals surface area contributed by atoms with Gasteiger partial charge in [-0.15, -0.1) is 0 Å². The van der Waals surface area contributed by atoms with Crippen molar-refractivity contribution in [2.45, 2.75) is 19.5 Å². The Morgan fingerprint density at radius 3 is 2.50 bits per heavy atom. The van der Waals surface area contributed by atoms with Crippen molar-refractivity contribution >= 4 is 23.2 Å². The molecule has 0 heterocycles. The van der Waals surface area contributed by atoms with Crippen LogP contribution in [0.2, 0.25) is 5.02 Å². The second kappa shape index (κ2) is 8.49. The normalized spacial score (nSPS) is 10.5. The van der Waals surface area contributed by atoms with Crippen molar-refractivity contribution in [2.75, 3.05) is 12.4 Å². The molecule has 24 heavy (non-hydrogen) atoms. The molecular formula is C17H16ClF2NO3. The van der Waals surface area contributed by atoms with E-state index < -0.39 is 6.61 Å². The number of aryl methyl sites for hydroxylation is 1. The van der Waals surface area contributed by atoms with Crippen LogP contribution in [0.5, 0.6) is 11.5 Å². The van der Waals surface area contributed by atoms with Gasteiger partial charge in [-0.1, -0.05) is 23.7 Å². The first-order valence-electron chi connectivity index (χ1n) is 7.15. The molecule has 2 rings (SSSR count). The molecule has 0 spiro atoms. The number of halogens is 3. The van der Waals surface area contributed by atoms with E-state index in [2.05, 4.69) is 10.1 Å². The predicted octanol–water partition coefficient (Wildman–Crippen LogP) is 4.52. The van der Waals surface area contributed by atoms with Crippen molar-refractivity contribution in [3.63, 3.8) is 0 Å². The highest BCUT2D eigenvalue weighted by Gasteiger charge is 2.12. The highest BCUT2D eigenvalue weighted by molar-refractivity contribution is 6.30. The maximum absolute atomic E-state index is 12.4. The third-order valence-electron chi connectivity index (χ3n) is 3.22. The standard InChI is InChI=1S/C17H16ClF2NO3/c1-23-14-8-7-13(10-15(14)24-17(19)20)21-16(22)9-4-11-2-5-12(18)6-3-11/h2-3,5-8,10,17H,4,9H2,1H3,(H,21,22). The summed E-state index contributed by atoms with van der Waals surface area (Å²) in [6.45, 7) is -2.98. The van der Waals surface area contributed by atoms with Crippen LogP contribution in [0.1, 0.15) is 12.0 Å². The Labute approximate surface area is 143 Å². The lowest BCUT2D eigenvalue weighted by Crippen LogP contribution is -2.12. The van der Waals surface area contributed by atoms with Gasteiger partial charge < -0.3 is 14.8 Å². The summed E-state index contributed by atoms with van der Waals surface area (Å²) in [7, 11) is 1.35. The molecule has 0 aliphatic rings. The van der Waals surface area contributed by atoms with Crippen LogP contribution in [-0.2, 0) is 11.2 Å². The minimum atomic E-state index is -2.98. The van der Waals surface area contributed by atoms with Crippen molar-refractivity contribution in [1.82, 2.24) is 0 Å². The maximum atomic E-state index is 12.4. The fraction of sp³-hybridized carbons (Fsp3) is 0.235. The van der Waals surface area contributed by atoms with Gasteiger partial charge in [0.15, 0.2) is 11.5 Å². The number of benzene rings is 2. The molecule has 0 aliphatic carbocycles. The van der Waals surface area contributed by atoms with E-state index in [1.165, 1.54) is 19.2 Å². The van der Waals surface area contributed by atoms with Gasteiger partial charge >= 0.3 is 6.61 Å². The van der Waals surface area contributed by atoms with Crippen molar-refractivity contribution in [2.24, 2.45) is 0 Å². The number of ether oxygens (including phenoxy) is 2. The summed E-state index contributed by atoms with van der Waals surface area (Å²) in [6, 6.07) is 11.5. The van der Waals surface area contributed by atoms with Gasteiger partial charge in [0.05, 0.1) is 7.11 Å². The molecular weight excluding hydrogens is 340 g/mol. The highest BCUT2D eigenvalue weighted by Crippen LogP contribution is 2.31. The van der Waals surface area contributed by atoms with E-state index in [-0.39, 0.29) is 23.8 Å². The van der Waals surface area contributed by atoms with Gasteiger partial charge in [-0.3, -0.25) is 4.79 Å². The lowest BCUT2D eigenvalue weighted by atomic mass is 10.1. The van der Waals surface area contributed by atoms with Gasteiger partial charge in [0.2, 0.25) is 5.91 Å². The molecule has 0 aliphatic heterocycles. The molecule has 2 aromatic carbocycles. The highest BCUT2D eigenvalue weighted by atomic mass is 35.5. The van der Waals surface area contributed by atoms with E-state index in [4.69, 9.17) is 16.3 Å². The SMILES string of the molecule is COc1ccc(NC(=O)CCc2ccc(Cl)cc2)cc1OC(F)F.